The molecule has 132 valence electrons. The normalized spacial score (nSPS) is 19.0. The molecule has 0 spiro atoms. The number of amides is 1. The molecule has 0 saturated carbocycles. The van der Waals surface area contributed by atoms with Crippen molar-refractivity contribution in [3.8, 4) is 0 Å². The first-order valence-corrected chi connectivity index (χ1v) is 8.38. The molecule has 1 N–H and O–H groups in total. The summed E-state index contributed by atoms with van der Waals surface area (Å²) in [5.41, 5.74) is 2.09. The Labute approximate surface area is 150 Å². The lowest BCUT2D eigenvalue weighted by Gasteiger charge is -2.20. The number of hydrogen-bond acceptors (Lipinski definition) is 7. The molecule has 1 fully saturated rings. The highest BCUT2D eigenvalue weighted by Gasteiger charge is 2.24. The van der Waals surface area contributed by atoms with Gasteiger partial charge >= 0.3 is 5.97 Å². The summed E-state index contributed by atoms with van der Waals surface area (Å²) < 4.78 is 4.50. The summed E-state index contributed by atoms with van der Waals surface area (Å²) in [4.78, 5) is 25.2. The molecule has 1 aromatic carbocycles. The first-order valence-electron chi connectivity index (χ1n) is 7.57. The fourth-order valence-electron chi connectivity index (χ4n) is 1.99. The van der Waals surface area contributed by atoms with Gasteiger partial charge in [0, 0.05) is 12.1 Å². The smallest absolute Gasteiger partial charge is 0.331 e. The zero-order valence-electron chi connectivity index (χ0n) is 14.5. The first kappa shape index (κ1) is 18.9. The Morgan fingerprint density at radius 3 is 2.84 bits per heavy atom. The molecular weight excluding hydrogens is 340 g/mol. The average Bonchev–Trinajstić information content (AvgIpc) is 2.93. The van der Waals surface area contributed by atoms with Crippen LogP contribution >= 0.6 is 11.8 Å². The van der Waals surface area contributed by atoms with Crippen molar-refractivity contribution < 1.29 is 14.3 Å². The van der Waals surface area contributed by atoms with E-state index in [4.69, 9.17) is 0 Å². The van der Waals surface area contributed by atoms with Gasteiger partial charge in [-0.1, -0.05) is 18.2 Å². The number of nitrogens with one attached hydrogen (secondary N) is 1. The number of carbonyl (C=O) groups excluding carboxylic acids is 2. The summed E-state index contributed by atoms with van der Waals surface area (Å²) in [6.45, 7) is 2.12. The van der Waals surface area contributed by atoms with Crippen molar-refractivity contribution in [1.82, 2.24) is 10.2 Å². The largest absolute Gasteiger partial charge is 0.466 e. The molecule has 1 aliphatic rings. The quantitative estimate of drug-likeness (QED) is 0.375. The van der Waals surface area contributed by atoms with Crippen LogP contribution in [0.2, 0.25) is 0 Å². The third-order valence-corrected chi connectivity index (χ3v) is 4.52. The maximum absolute atomic E-state index is 11.7. The van der Waals surface area contributed by atoms with E-state index >= 15 is 0 Å². The summed E-state index contributed by atoms with van der Waals surface area (Å²) in [5.74, 6) is -0.986. The minimum atomic E-state index is -0.589. The van der Waals surface area contributed by atoms with Crippen LogP contribution in [0.25, 0.3) is 0 Å². The Morgan fingerprint density at radius 1 is 1.40 bits per heavy atom. The molecule has 1 aliphatic heterocycles. The molecule has 1 heterocycles. The Bertz CT molecular complexity index is 756. The van der Waals surface area contributed by atoms with E-state index in [1.807, 2.05) is 32.3 Å². The van der Waals surface area contributed by atoms with Gasteiger partial charge in [0.1, 0.15) is 0 Å². The fourth-order valence-corrected chi connectivity index (χ4v) is 2.73. The number of amidine groups is 1. The zero-order valence-corrected chi connectivity index (χ0v) is 15.3. The molecule has 0 bridgehead atoms. The van der Waals surface area contributed by atoms with Gasteiger partial charge in [0.15, 0.2) is 5.17 Å². The molecule has 0 aromatic heterocycles. The summed E-state index contributed by atoms with van der Waals surface area (Å²) in [7, 11) is 5.30. The van der Waals surface area contributed by atoms with Crippen LogP contribution in [0.3, 0.4) is 0 Å². The molecule has 2 rings (SSSR count). The number of hydrogen-bond donors (Lipinski definition) is 1. The minimum Gasteiger partial charge on any atom is -0.466 e. The van der Waals surface area contributed by atoms with Crippen LogP contribution in [0.1, 0.15) is 24.1 Å². The van der Waals surface area contributed by atoms with Crippen LogP contribution in [0.4, 0.5) is 0 Å². The van der Waals surface area contributed by atoms with Gasteiger partial charge < -0.3 is 9.64 Å². The number of thioether (sulfide) groups is 1. The third kappa shape index (κ3) is 5.27. The molecule has 1 unspecified atom stereocenters. The van der Waals surface area contributed by atoms with E-state index in [9.17, 15) is 9.59 Å². The lowest BCUT2D eigenvalue weighted by atomic mass is 10.1. The molecule has 1 saturated heterocycles. The van der Waals surface area contributed by atoms with Gasteiger partial charge in [0.2, 0.25) is 0 Å². The van der Waals surface area contributed by atoms with Crippen LogP contribution in [-0.2, 0) is 14.3 Å². The molecule has 1 aromatic rings. The second-order valence-corrected chi connectivity index (χ2v) is 6.58. The summed E-state index contributed by atoms with van der Waals surface area (Å²) >= 11 is 1.04. The van der Waals surface area contributed by atoms with Crippen molar-refractivity contribution in [3.05, 3.63) is 46.4 Å². The Balaban J connectivity index is 2.07. The van der Waals surface area contributed by atoms with E-state index < -0.39 is 11.9 Å². The summed E-state index contributed by atoms with van der Waals surface area (Å²) in [5, 5.41) is 10.8. The van der Waals surface area contributed by atoms with E-state index in [-0.39, 0.29) is 10.9 Å². The number of benzene rings is 1. The number of carbonyl (C=O) groups is 2. The summed E-state index contributed by atoms with van der Waals surface area (Å²) in [6, 6.07) is 8.28. The molecule has 1 atom stereocenters. The standard InChI is InChI=1S/C17H20N4O3S/c1-11(21(2)3)13-7-5-6-12(8-13)10-18-20-17-19-16(23)14(25-17)9-15(22)24-4/h5-11H,1-4H3,(H,19,20,23)/b14-9+,18-10?. The van der Waals surface area contributed by atoms with Gasteiger partial charge in [-0.15, -0.1) is 5.10 Å². The number of methoxy groups -OCH3 is 1. The molecular formula is C17H20N4O3S. The maximum atomic E-state index is 11.7. The molecule has 0 radical (unpaired) electrons. The second kappa shape index (κ2) is 8.59. The number of esters is 1. The lowest BCUT2D eigenvalue weighted by molar-refractivity contribution is -0.135. The molecule has 8 heteroatoms. The Morgan fingerprint density at radius 2 is 2.16 bits per heavy atom. The van der Waals surface area contributed by atoms with Gasteiger partial charge in [0.25, 0.3) is 5.91 Å². The first-order chi connectivity index (χ1) is 11.9. The minimum absolute atomic E-state index is 0.225. The number of ether oxygens (including phenoxy) is 1. The average molecular weight is 360 g/mol. The van der Waals surface area contributed by atoms with Crippen LogP contribution < -0.4 is 5.32 Å². The monoisotopic (exact) mass is 360 g/mol. The van der Waals surface area contributed by atoms with Crippen LogP contribution in [0.15, 0.2) is 45.4 Å². The van der Waals surface area contributed by atoms with Crippen molar-refractivity contribution in [2.24, 2.45) is 10.2 Å². The SMILES string of the molecule is COC(=O)/C=C1/S/C(=N\N=Cc2cccc(C(C)N(C)C)c2)NC1=O. The molecule has 7 nitrogen and oxygen atoms in total. The van der Waals surface area contributed by atoms with E-state index in [2.05, 4.69) is 38.1 Å². The van der Waals surface area contributed by atoms with E-state index in [0.29, 0.717) is 5.17 Å². The maximum Gasteiger partial charge on any atom is 0.331 e. The van der Waals surface area contributed by atoms with E-state index in [1.54, 1.807) is 6.21 Å². The van der Waals surface area contributed by atoms with Crippen molar-refractivity contribution in [2.45, 2.75) is 13.0 Å². The molecule has 0 aliphatic carbocycles. The zero-order chi connectivity index (χ0) is 18.4. The predicted molar refractivity (Wildman–Crippen MR) is 99.4 cm³/mol. The number of rotatable bonds is 5. The van der Waals surface area contributed by atoms with Gasteiger partial charge in [-0.25, -0.2) is 4.79 Å². The van der Waals surface area contributed by atoms with Crippen molar-refractivity contribution >= 4 is 35.0 Å². The van der Waals surface area contributed by atoms with E-state index in [0.717, 1.165) is 23.4 Å². The van der Waals surface area contributed by atoms with Crippen LogP contribution in [0, 0.1) is 0 Å². The van der Waals surface area contributed by atoms with E-state index in [1.165, 1.54) is 12.7 Å². The van der Waals surface area contributed by atoms with Crippen molar-refractivity contribution in [2.75, 3.05) is 21.2 Å². The Kier molecular flexibility index (Phi) is 6.49. The third-order valence-electron chi connectivity index (χ3n) is 3.62. The number of nitrogens with zero attached hydrogens (tertiary/aromatic N) is 3. The van der Waals surface area contributed by atoms with Crippen molar-refractivity contribution in [1.29, 1.82) is 0 Å². The van der Waals surface area contributed by atoms with Gasteiger partial charge in [-0.2, -0.15) is 5.10 Å². The lowest BCUT2D eigenvalue weighted by Crippen LogP contribution is -2.19. The highest BCUT2D eigenvalue weighted by molar-refractivity contribution is 8.18. The van der Waals surface area contributed by atoms with Gasteiger partial charge in [0.05, 0.1) is 18.2 Å². The van der Waals surface area contributed by atoms with Crippen molar-refractivity contribution in [3.63, 3.8) is 0 Å². The van der Waals surface area contributed by atoms with Crippen LogP contribution in [-0.4, -0.2) is 49.4 Å². The topological polar surface area (TPSA) is 83.4 Å². The van der Waals surface area contributed by atoms with Gasteiger partial charge in [-0.3, -0.25) is 10.1 Å². The fraction of sp³-hybridized carbons (Fsp3) is 0.294. The summed E-state index contributed by atoms with van der Waals surface area (Å²) in [6.07, 6.45) is 2.74. The predicted octanol–water partition coefficient (Wildman–Crippen LogP) is 1.92. The Hall–Kier alpha value is -2.45. The highest BCUT2D eigenvalue weighted by atomic mass is 32.2. The van der Waals surface area contributed by atoms with Gasteiger partial charge in [-0.05, 0) is 50.0 Å². The highest BCUT2D eigenvalue weighted by Crippen LogP contribution is 2.23. The second-order valence-electron chi connectivity index (χ2n) is 5.55. The molecule has 1 amide bonds. The van der Waals surface area contributed by atoms with Crippen LogP contribution in [0.5, 0.6) is 0 Å². The molecule has 25 heavy (non-hydrogen) atoms.